The van der Waals surface area contributed by atoms with Crippen molar-refractivity contribution in [3.05, 3.63) is 35.4 Å². The number of hydrogen-bond donors (Lipinski definition) is 2. The van der Waals surface area contributed by atoms with Gasteiger partial charge in [0.25, 0.3) is 5.91 Å². The van der Waals surface area contributed by atoms with Crippen LogP contribution in [0.2, 0.25) is 0 Å². The number of para-hydroxylation sites is 1. The molecule has 0 radical (unpaired) electrons. The molecule has 8 heteroatoms. The number of esters is 2. The second-order valence-electron chi connectivity index (χ2n) is 6.65. The van der Waals surface area contributed by atoms with Gasteiger partial charge in [-0.15, -0.1) is 0 Å². The van der Waals surface area contributed by atoms with E-state index in [1.165, 1.54) is 7.11 Å². The van der Waals surface area contributed by atoms with Crippen LogP contribution in [0.4, 0.5) is 5.69 Å². The Labute approximate surface area is 157 Å². The van der Waals surface area contributed by atoms with Crippen LogP contribution in [0.3, 0.4) is 0 Å². The van der Waals surface area contributed by atoms with Crippen molar-refractivity contribution in [3.63, 3.8) is 0 Å². The van der Waals surface area contributed by atoms with Crippen LogP contribution >= 0.6 is 0 Å². The van der Waals surface area contributed by atoms with Crippen LogP contribution in [-0.4, -0.2) is 43.3 Å². The van der Waals surface area contributed by atoms with E-state index >= 15 is 0 Å². The number of hydrogen-bond acceptors (Lipinski definition) is 7. The maximum atomic E-state index is 12.7. The summed E-state index contributed by atoms with van der Waals surface area (Å²) >= 11 is 0. The lowest BCUT2D eigenvalue weighted by Gasteiger charge is -2.32. The predicted octanol–water partition coefficient (Wildman–Crippen LogP) is 2.12. The molecular formula is C19H23N3O5. The molecule has 1 aliphatic heterocycles. The molecule has 0 unspecified atom stereocenters. The van der Waals surface area contributed by atoms with Gasteiger partial charge in [-0.25, -0.2) is 10.2 Å². The number of methoxy groups -OCH3 is 2. The highest BCUT2D eigenvalue weighted by Crippen LogP contribution is 2.35. The van der Waals surface area contributed by atoms with Crippen molar-refractivity contribution in [2.24, 2.45) is 5.10 Å². The lowest BCUT2D eigenvalue weighted by Crippen LogP contribution is -2.34. The van der Waals surface area contributed by atoms with Crippen LogP contribution in [0, 0.1) is 0 Å². The topological polar surface area (TPSA) is 106 Å². The Hall–Kier alpha value is -3.16. The Morgan fingerprint density at radius 1 is 1.19 bits per heavy atom. The van der Waals surface area contributed by atoms with E-state index in [1.54, 1.807) is 12.1 Å². The molecule has 0 saturated carbocycles. The summed E-state index contributed by atoms with van der Waals surface area (Å²) in [5.41, 5.74) is 4.76. The van der Waals surface area contributed by atoms with Gasteiger partial charge in [-0.3, -0.25) is 9.59 Å². The smallest absolute Gasteiger partial charge is 0.354 e. The molecule has 0 aromatic heterocycles. The number of nitrogens with zero attached hydrogens (tertiary/aromatic N) is 1. The molecule has 0 spiro atoms. The fraction of sp³-hybridized carbons (Fsp3) is 0.368. The highest BCUT2D eigenvalue weighted by molar-refractivity contribution is 6.39. The van der Waals surface area contributed by atoms with Crippen molar-refractivity contribution in [2.75, 3.05) is 19.5 Å². The summed E-state index contributed by atoms with van der Waals surface area (Å²) in [5, 5.41) is 7.09. The van der Waals surface area contributed by atoms with Gasteiger partial charge in [-0.2, -0.15) is 5.10 Å². The number of hydrazone groups is 1. The normalized spacial score (nSPS) is 15.0. The number of benzene rings is 1. The average molecular weight is 373 g/mol. The Morgan fingerprint density at radius 2 is 1.89 bits per heavy atom. The molecule has 0 saturated heterocycles. The van der Waals surface area contributed by atoms with Gasteiger partial charge in [0.05, 0.1) is 37.4 Å². The number of ether oxygens (including phenoxy) is 2. The summed E-state index contributed by atoms with van der Waals surface area (Å²) in [6, 6.07) is 5.34. The molecule has 2 N–H and O–H groups in total. The minimum atomic E-state index is -0.825. The highest BCUT2D eigenvalue weighted by atomic mass is 16.5. The molecule has 1 aromatic carbocycles. The number of carbonyl (C=O) groups excluding carboxylic acids is 3. The summed E-state index contributed by atoms with van der Waals surface area (Å²) in [4.78, 5) is 35.8. The van der Waals surface area contributed by atoms with E-state index in [0.29, 0.717) is 11.3 Å². The molecule has 0 fully saturated rings. The summed E-state index contributed by atoms with van der Waals surface area (Å²) in [6.45, 7) is 5.98. The SMILES string of the molecule is COC(=O)CC(=NNC(=O)c1cccc2c1NC(C)(C)C=C2C)C(=O)OC. The maximum Gasteiger partial charge on any atom is 0.354 e. The molecule has 1 aromatic rings. The van der Waals surface area contributed by atoms with E-state index in [4.69, 9.17) is 0 Å². The quantitative estimate of drug-likeness (QED) is 0.465. The number of amides is 1. The predicted molar refractivity (Wildman–Crippen MR) is 101 cm³/mol. The Morgan fingerprint density at radius 3 is 2.52 bits per heavy atom. The first-order chi connectivity index (χ1) is 12.7. The number of fused-ring (bicyclic) bond motifs is 1. The first kappa shape index (κ1) is 20.2. The largest absolute Gasteiger partial charge is 0.469 e. The van der Waals surface area contributed by atoms with E-state index in [0.717, 1.165) is 18.2 Å². The lowest BCUT2D eigenvalue weighted by molar-refractivity contribution is -0.140. The monoisotopic (exact) mass is 373 g/mol. The first-order valence-electron chi connectivity index (χ1n) is 8.31. The summed E-state index contributed by atoms with van der Waals surface area (Å²) in [5.74, 6) is -2.01. The zero-order valence-corrected chi connectivity index (χ0v) is 16.0. The third-order valence-corrected chi connectivity index (χ3v) is 4.01. The molecular weight excluding hydrogens is 350 g/mol. The van der Waals surface area contributed by atoms with Gasteiger partial charge in [-0.05, 0) is 32.4 Å². The Balaban J connectivity index is 2.31. The third kappa shape index (κ3) is 4.72. The fourth-order valence-electron chi connectivity index (χ4n) is 2.84. The van der Waals surface area contributed by atoms with Gasteiger partial charge in [-0.1, -0.05) is 18.2 Å². The minimum absolute atomic E-state index is 0.258. The van der Waals surface area contributed by atoms with Crippen LogP contribution < -0.4 is 10.7 Å². The van der Waals surface area contributed by atoms with E-state index in [1.807, 2.05) is 26.8 Å². The van der Waals surface area contributed by atoms with E-state index in [9.17, 15) is 14.4 Å². The summed E-state index contributed by atoms with van der Waals surface area (Å²) in [7, 11) is 2.35. The Kier molecular flexibility index (Phi) is 5.99. The van der Waals surface area contributed by atoms with E-state index in [-0.39, 0.29) is 11.3 Å². The zero-order valence-electron chi connectivity index (χ0n) is 16.0. The second kappa shape index (κ2) is 8.03. The number of anilines is 1. The minimum Gasteiger partial charge on any atom is -0.469 e. The second-order valence-corrected chi connectivity index (χ2v) is 6.65. The van der Waals surface area contributed by atoms with Gasteiger partial charge in [0.1, 0.15) is 0 Å². The van der Waals surface area contributed by atoms with Crippen molar-refractivity contribution < 1.29 is 23.9 Å². The summed E-state index contributed by atoms with van der Waals surface area (Å²) < 4.78 is 9.10. The molecule has 8 nitrogen and oxygen atoms in total. The highest BCUT2D eigenvalue weighted by Gasteiger charge is 2.26. The van der Waals surface area contributed by atoms with Gasteiger partial charge >= 0.3 is 11.9 Å². The molecule has 27 heavy (non-hydrogen) atoms. The van der Waals surface area contributed by atoms with Crippen molar-refractivity contribution in [1.29, 1.82) is 0 Å². The van der Waals surface area contributed by atoms with Gasteiger partial charge in [0.15, 0.2) is 5.71 Å². The molecule has 1 heterocycles. The number of allylic oxidation sites excluding steroid dienone is 1. The molecule has 1 amide bonds. The number of carbonyl (C=O) groups is 3. The van der Waals surface area contributed by atoms with Crippen molar-refractivity contribution in [3.8, 4) is 0 Å². The van der Waals surface area contributed by atoms with Gasteiger partial charge in [0, 0.05) is 5.56 Å². The van der Waals surface area contributed by atoms with Crippen molar-refractivity contribution >= 4 is 34.8 Å². The van der Waals surface area contributed by atoms with Crippen LogP contribution in [0.15, 0.2) is 29.4 Å². The van der Waals surface area contributed by atoms with E-state index in [2.05, 4.69) is 31.4 Å². The van der Waals surface area contributed by atoms with Crippen molar-refractivity contribution in [2.45, 2.75) is 32.7 Å². The molecule has 0 atom stereocenters. The fourth-order valence-corrected chi connectivity index (χ4v) is 2.84. The molecule has 2 rings (SSSR count). The molecule has 0 bridgehead atoms. The van der Waals surface area contributed by atoms with Gasteiger partial charge in [0.2, 0.25) is 0 Å². The van der Waals surface area contributed by atoms with Crippen LogP contribution in [-0.2, 0) is 19.1 Å². The Bertz CT molecular complexity index is 840. The third-order valence-electron chi connectivity index (χ3n) is 4.01. The standard InChI is InChI=1S/C19H23N3O5/c1-11-10-19(2,3)20-16-12(11)7-6-8-13(16)17(24)22-21-14(18(25)27-5)9-15(23)26-4/h6-8,10,20H,9H2,1-5H3,(H,22,24). The van der Waals surface area contributed by atoms with Crippen molar-refractivity contribution in [1.82, 2.24) is 5.43 Å². The first-order valence-corrected chi connectivity index (χ1v) is 8.31. The van der Waals surface area contributed by atoms with Crippen LogP contribution in [0.5, 0.6) is 0 Å². The van der Waals surface area contributed by atoms with Crippen LogP contribution in [0.25, 0.3) is 5.57 Å². The number of nitrogens with one attached hydrogen (secondary N) is 2. The summed E-state index contributed by atoms with van der Waals surface area (Å²) in [6.07, 6.45) is 1.67. The molecule has 1 aliphatic rings. The van der Waals surface area contributed by atoms with E-state index < -0.39 is 24.3 Å². The lowest BCUT2D eigenvalue weighted by atomic mass is 9.89. The molecule has 0 aliphatic carbocycles. The number of rotatable bonds is 5. The van der Waals surface area contributed by atoms with Gasteiger partial charge < -0.3 is 14.8 Å². The van der Waals surface area contributed by atoms with Crippen LogP contribution in [0.1, 0.15) is 43.1 Å². The maximum absolute atomic E-state index is 12.7. The zero-order chi connectivity index (χ0) is 20.2. The average Bonchev–Trinajstić information content (AvgIpc) is 2.62. The molecule has 144 valence electrons.